The summed E-state index contributed by atoms with van der Waals surface area (Å²) in [6.45, 7) is 2.70. The van der Waals surface area contributed by atoms with Crippen LogP contribution in [0.1, 0.15) is 18.9 Å². The van der Waals surface area contributed by atoms with E-state index in [1.165, 1.54) is 0 Å². The lowest BCUT2D eigenvalue weighted by atomic mass is 10.1. The molecule has 1 rings (SSSR count). The normalized spacial score (nSPS) is 13.4. The number of sulfonamides is 1. The van der Waals surface area contributed by atoms with Gasteiger partial charge in [0.25, 0.3) is 0 Å². The molecule has 108 valence electrons. The van der Waals surface area contributed by atoms with Crippen molar-refractivity contribution in [2.24, 2.45) is 5.73 Å². The van der Waals surface area contributed by atoms with Gasteiger partial charge in [-0.2, -0.15) is 0 Å². The summed E-state index contributed by atoms with van der Waals surface area (Å²) in [6.07, 6.45) is 1.61. The second-order valence-electron chi connectivity index (χ2n) is 4.43. The van der Waals surface area contributed by atoms with Gasteiger partial charge in [-0.25, -0.2) is 13.1 Å². The fourth-order valence-corrected chi connectivity index (χ4v) is 2.65. The Morgan fingerprint density at radius 1 is 1.32 bits per heavy atom. The summed E-state index contributed by atoms with van der Waals surface area (Å²) in [5, 5.41) is 0. The van der Waals surface area contributed by atoms with Crippen LogP contribution in [-0.4, -0.2) is 34.7 Å². The van der Waals surface area contributed by atoms with Crippen LogP contribution in [0.25, 0.3) is 0 Å². The molecule has 0 aliphatic carbocycles. The van der Waals surface area contributed by atoms with Crippen molar-refractivity contribution in [2.75, 3.05) is 20.2 Å². The molecule has 0 amide bonds. The van der Waals surface area contributed by atoms with E-state index < -0.39 is 10.0 Å². The second kappa shape index (κ2) is 7.59. The first-order valence-corrected chi connectivity index (χ1v) is 7.79. The quantitative estimate of drug-likeness (QED) is 0.743. The zero-order valence-electron chi connectivity index (χ0n) is 11.4. The minimum atomic E-state index is -3.46. The monoisotopic (exact) mass is 286 g/mol. The molecule has 0 aliphatic heterocycles. The molecule has 0 fully saturated rings. The highest BCUT2D eigenvalue weighted by atomic mass is 32.2. The van der Waals surface area contributed by atoms with Gasteiger partial charge < -0.3 is 10.5 Å². The van der Waals surface area contributed by atoms with E-state index in [0.29, 0.717) is 6.54 Å². The van der Waals surface area contributed by atoms with Gasteiger partial charge >= 0.3 is 0 Å². The lowest BCUT2D eigenvalue weighted by Gasteiger charge is -2.11. The summed E-state index contributed by atoms with van der Waals surface area (Å²) in [4.78, 5) is 0.271. The molecule has 5 nitrogen and oxygen atoms in total. The zero-order valence-corrected chi connectivity index (χ0v) is 12.2. The average molecular weight is 286 g/mol. The Bertz CT molecular complexity index is 471. The Morgan fingerprint density at radius 2 is 1.95 bits per heavy atom. The van der Waals surface area contributed by atoms with Gasteiger partial charge in [-0.1, -0.05) is 12.1 Å². The van der Waals surface area contributed by atoms with Crippen molar-refractivity contribution < 1.29 is 13.2 Å². The molecule has 3 N–H and O–H groups in total. The van der Waals surface area contributed by atoms with E-state index in [1.807, 2.05) is 12.1 Å². The van der Waals surface area contributed by atoms with Gasteiger partial charge in [0.1, 0.15) is 0 Å². The van der Waals surface area contributed by atoms with Crippen LogP contribution in [0.5, 0.6) is 0 Å². The molecule has 1 aromatic rings. The smallest absolute Gasteiger partial charge is 0.240 e. The van der Waals surface area contributed by atoms with E-state index in [-0.39, 0.29) is 17.5 Å². The summed E-state index contributed by atoms with van der Waals surface area (Å²) < 4.78 is 31.5. The number of rotatable bonds is 8. The van der Waals surface area contributed by atoms with E-state index in [1.54, 1.807) is 26.2 Å². The van der Waals surface area contributed by atoms with Crippen molar-refractivity contribution in [1.29, 1.82) is 0 Å². The molecule has 0 aliphatic rings. The molecule has 0 radical (unpaired) electrons. The maximum absolute atomic E-state index is 12.0. The summed E-state index contributed by atoms with van der Waals surface area (Å²) >= 11 is 0. The number of aryl methyl sites for hydroxylation is 1. The van der Waals surface area contributed by atoms with E-state index in [0.717, 1.165) is 18.4 Å². The molecule has 0 saturated carbocycles. The van der Waals surface area contributed by atoms with Gasteiger partial charge in [-0.3, -0.25) is 0 Å². The fraction of sp³-hybridized carbons (Fsp3) is 0.538. The Kier molecular flexibility index (Phi) is 6.44. The van der Waals surface area contributed by atoms with Crippen LogP contribution in [0, 0.1) is 0 Å². The highest BCUT2D eigenvalue weighted by Crippen LogP contribution is 2.11. The Balaban J connectivity index is 2.68. The number of nitrogens with two attached hydrogens (primary N) is 1. The van der Waals surface area contributed by atoms with Crippen LogP contribution in [0.2, 0.25) is 0 Å². The first-order valence-electron chi connectivity index (χ1n) is 6.31. The molecule has 0 aromatic heterocycles. The molecule has 1 atom stereocenters. The maximum Gasteiger partial charge on any atom is 0.240 e. The van der Waals surface area contributed by atoms with Crippen LogP contribution < -0.4 is 10.5 Å². The molecule has 0 spiro atoms. The SMILES string of the molecule is COC(C)CNS(=O)(=O)c1ccc(CCCN)cc1. The summed E-state index contributed by atoms with van der Waals surface area (Å²) in [7, 11) is -1.91. The molecule has 0 heterocycles. The van der Waals surface area contributed by atoms with Crippen molar-refractivity contribution in [2.45, 2.75) is 30.8 Å². The lowest BCUT2D eigenvalue weighted by Crippen LogP contribution is -2.31. The largest absolute Gasteiger partial charge is 0.380 e. The first-order chi connectivity index (χ1) is 8.99. The third-order valence-corrected chi connectivity index (χ3v) is 4.31. The molecular weight excluding hydrogens is 264 g/mol. The fourth-order valence-electron chi connectivity index (χ4n) is 1.54. The molecular formula is C13H22N2O3S. The standard InChI is InChI=1S/C13H22N2O3S/c1-11(18-2)10-15-19(16,17)13-7-5-12(6-8-13)4-3-9-14/h5-8,11,15H,3-4,9-10,14H2,1-2H3. The van der Waals surface area contributed by atoms with E-state index in [4.69, 9.17) is 10.5 Å². The van der Waals surface area contributed by atoms with Crippen LogP contribution in [0.4, 0.5) is 0 Å². The topological polar surface area (TPSA) is 81.4 Å². The number of hydrogen-bond donors (Lipinski definition) is 2. The van der Waals surface area contributed by atoms with Crippen LogP contribution >= 0.6 is 0 Å². The van der Waals surface area contributed by atoms with Gasteiger partial charge in [0.15, 0.2) is 0 Å². The Labute approximate surface area is 115 Å². The number of methoxy groups -OCH3 is 1. The molecule has 0 saturated heterocycles. The summed E-state index contributed by atoms with van der Waals surface area (Å²) in [6, 6.07) is 6.88. The zero-order chi connectivity index (χ0) is 14.3. The van der Waals surface area contributed by atoms with E-state index >= 15 is 0 Å². The molecule has 19 heavy (non-hydrogen) atoms. The third-order valence-electron chi connectivity index (χ3n) is 2.87. The second-order valence-corrected chi connectivity index (χ2v) is 6.20. The Morgan fingerprint density at radius 3 is 2.47 bits per heavy atom. The van der Waals surface area contributed by atoms with E-state index in [9.17, 15) is 8.42 Å². The maximum atomic E-state index is 12.0. The highest BCUT2D eigenvalue weighted by Gasteiger charge is 2.14. The lowest BCUT2D eigenvalue weighted by molar-refractivity contribution is 0.122. The summed E-state index contributed by atoms with van der Waals surface area (Å²) in [5.41, 5.74) is 6.53. The van der Waals surface area contributed by atoms with Gasteiger partial charge in [0.2, 0.25) is 10.0 Å². The van der Waals surface area contributed by atoms with Gasteiger partial charge in [0, 0.05) is 13.7 Å². The predicted molar refractivity (Wildman–Crippen MR) is 75.5 cm³/mol. The summed E-state index contributed by atoms with van der Waals surface area (Å²) in [5.74, 6) is 0. The number of benzene rings is 1. The predicted octanol–water partition coefficient (Wildman–Crippen LogP) is 0.891. The molecule has 6 heteroatoms. The van der Waals surface area contributed by atoms with Crippen molar-refractivity contribution in [3.8, 4) is 0 Å². The third kappa shape index (κ3) is 5.28. The van der Waals surface area contributed by atoms with Gasteiger partial charge in [0.05, 0.1) is 11.0 Å². The minimum Gasteiger partial charge on any atom is -0.380 e. The minimum absolute atomic E-state index is 0.154. The molecule has 1 unspecified atom stereocenters. The van der Waals surface area contributed by atoms with Gasteiger partial charge in [-0.05, 0) is 44.0 Å². The highest BCUT2D eigenvalue weighted by molar-refractivity contribution is 7.89. The van der Waals surface area contributed by atoms with Crippen LogP contribution in [-0.2, 0) is 21.2 Å². The Hall–Kier alpha value is -0.950. The number of hydrogen-bond acceptors (Lipinski definition) is 4. The number of ether oxygens (including phenoxy) is 1. The van der Waals surface area contributed by atoms with Crippen molar-refractivity contribution in [3.63, 3.8) is 0 Å². The van der Waals surface area contributed by atoms with Gasteiger partial charge in [-0.15, -0.1) is 0 Å². The van der Waals surface area contributed by atoms with Crippen LogP contribution in [0.3, 0.4) is 0 Å². The average Bonchev–Trinajstić information content (AvgIpc) is 2.43. The van der Waals surface area contributed by atoms with E-state index in [2.05, 4.69) is 4.72 Å². The first kappa shape index (κ1) is 16.1. The van der Waals surface area contributed by atoms with Crippen LogP contribution in [0.15, 0.2) is 29.2 Å². The van der Waals surface area contributed by atoms with Crippen molar-refractivity contribution in [3.05, 3.63) is 29.8 Å². The number of nitrogens with one attached hydrogen (secondary N) is 1. The van der Waals surface area contributed by atoms with Crippen molar-refractivity contribution in [1.82, 2.24) is 4.72 Å². The molecule has 1 aromatic carbocycles. The van der Waals surface area contributed by atoms with Crippen molar-refractivity contribution >= 4 is 10.0 Å². The molecule has 0 bridgehead atoms.